The Morgan fingerprint density at radius 2 is 1.96 bits per heavy atom. The highest BCUT2D eigenvalue weighted by Gasteiger charge is 2.35. The summed E-state index contributed by atoms with van der Waals surface area (Å²) in [5, 5.41) is 4.55. The first-order valence-corrected chi connectivity index (χ1v) is 7.89. The third-order valence-corrected chi connectivity index (χ3v) is 4.32. The Morgan fingerprint density at radius 1 is 1.17 bits per heavy atom. The number of para-hydroxylation sites is 1. The summed E-state index contributed by atoms with van der Waals surface area (Å²) < 4.78 is 5.37. The molecule has 1 aliphatic rings. The molecule has 1 unspecified atom stereocenters. The highest BCUT2D eigenvalue weighted by atomic mass is 35.5. The van der Waals surface area contributed by atoms with E-state index in [1.165, 1.54) is 0 Å². The summed E-state index contributed by atoms with van der Waals surface area (Å²) in [6.45, 7) is 0.473. The summed E-state index contributed by atoms with van der Waals surface area (Å²) in [5.41, 5.74) is 1.54. The standard InChI is InChI=1S/C17H13ClN4O2/c18-13-3-1-2-4-14(13)22-10-12(9-15(22)23)17-20-16(21-24-17)11-5-7-19-8-6-11/h1-8,12H,9-10H2. The molecule has 1 fully saturated rings. The van der Waals surface area contributed by atoms with Gasteiger partial charge in [0.2, 0.25) is 17.6 Å². The van der Waals surface area contributed by atoms with E-state index in [4.69, 9.17) is 16.1 Å². The van der Waals surface area contributed by atoms with E-state index >= 15 is 0 Å². The van der Waals surface area contributed by atoms with Crippen LogP contribution >= 0.6 is 11.6 Å². The maximum atomic E-state index is 12.4. The van der Waals surface area contributed by atoms with E-state index in [0.717, 1.165) is 5.56 Å². The lowest BCUT2D eigenvalue weighted by molar-refractivity contribution is -0.117. The van der Waals surface area contributed by atoms with Crippen LogP contribution in [0, 0.1) is 0 Å². The van der Waals surface area contributed by atoms with Crippen molar-refractivity contribution in [2.24, 2.45) is 0 Å². The molecule has 1 aliphatic heterocycles. The monoisotopic (exact) mass is 340 g/mol. The van der Waals surface area contributed by atoms with Crippen LogP contribution in [-0.4, -0.2) is 27.6 Å². The lowest BCUT2D eigenvalue weighted by Crippen LogP contribution is -2.24. The van der Waals surface area contributed by atoms with Crippen molar-refractivity contribution in [1.29, 1.82) is 0 Å². The summed E-state index contributed by atoms with van der Waals surface area (Å²) >= 11 is 6.20. The first kappa shape index (κ1) is 14.8. The fourth-order valence-corrected chi connectivity index (χ4v) is 3.03. The van der Waals surface area contributed by atoms with Crippen LogP contribution in [0.15, 0.2) is 53.3 Å². The number of hydrogen-bond acceptors (Lipinski definition) is 5. The molecule has 0 bridgehead atoms. The van der Waals surface area contributed by atoms with Crippen molar-refractivity contribution in [1.82, 2.24) is 15.1 Å². The van der Waals surface area contributed by atoms with Gasteiger partial charge in [-0.15, -0.1) is 0 Å². The lowest BCUT2D eigenvalue weighted by atomic mass is 10.1. The number of hydrogen-bond donors (Lipinski definition) is 0. The lowest BCUT2D eigenvalue weighted by Gasteiger charge is -2.17. The van der Waals surface area contributed by atoms with Gasteiger partial charge < -0.3 is 9.42 Å². The first-order chi connectivity index (χ1) is 11.7. The van der Waals surface area contributed by atoms with Crippen molar-refractivity contribution in [3.63, 3.8) is 0 Å². The van der Waals surface area contributed by atoms with Gasteiger partial charge in [-0.25, -0.2) is 0 Å². The number of pyridine rings is 1. The predicted octanol–water partition coefficient (Wildman–Crippen LogP) is 3.31. The molecular weight excluding hydrogens is 328 g/mol. The van der Waals surface area contributed by atoms with Crippen molar-refractivity contribution < 1.29 is 9.32 Å². The SMILES string of the molecule is O=C1CC(c2nc(-c3ccncc3)no2)CN1c1ccccc1Cl. The van der Waals surface area contributed by atoms with Crippen LogP contribution in [0.3, 0.4) is 0 Å². The quantitative estimate of drug-likeness (QED) is 0.731. The van der Waals surface area contributed by atoms with Crippen LogP contribution in [-0.2, 0) is 4.79 Å². The zero-order chi connectivity index (χ0) is 16.5. The maximum Gasteiger partial charge on any atom is 0.232 e. The average molecular weight is 341 g/mol. The Morgan fingerprint density at radius 3 is 2.75 bits per heavy atom. The minimum Gasteiger partial charge on any atom is -0.339 e. The van der Waals surface area contributed by atoms with Crippen LogP contribution < -0.4 is 4.90 Å². The van der Waals surface area contributed by atoms with Gasteiger partial charge in [-0.3, -0.25) is 9.78 Å². The number of amides is 1. The largest absolute Gasteiger partial charge is 0.339 e. The van der Waals surface area contributed by atoms with Crippen LogP contribution in [0.1, 0.15) is 18.2 Å². The number of nitrogens with zero attached hydrogens (tertiary/aromatic N) is 4. The third-order valence-electron chi connectivity index (χ3n) is 4.00. The van der Waals surface area contributed by atoms with Gasteiger partial charge in [0.05, 0.1) is 16.6 Å². The van der Waals surface area contributed by atoms with Gasteiger partial charge in [0, 0.05) is 30.9 Å². The van der Waals surface area contributed by atoms with Gasteiger partial charge in [0.1, 0.15) is 0 Å². The van der Waals surface area contributed by atoms with E-state index in [-0.39, 0.29) is 11.8 Å². The molecule has 0 N–H and O–H groups in total. The summed E-state index contributed by atoms with van der Waals surface area (Å²) in [4.78, 5) is 22.4. The van der Waals surface area contributed by atoms with E-state index in [9.17, 15) is 4.79 Å². The van der Waals surface area contributed by atoms with Crippen molar-refractivity contribution in [2.45, 2.75) is 12.3 Å². The smallest absolute Gasteiger partial charge is 0.232 e. The zero-order valence-electron chi connectivity index (χ0n) is 12.6. The predicted molar refractivity (Wildman–Crippen MR) is 88.7 cm³/mol. The maximum absolute atomic E-state index is 12.4. The van der Waals surface area contributed by atoms with Crippen LogP contribution in [0.2, 0.25) is 5.02 Å². The van der Waals surface area contributed by atoms with E-state index in [1.54, 1.807) is 23.4 Å². The number of aromatic nitrogens is 3. The molecular formula is C17H13ClN4O2. The molecule has 0 saturated carbocycles. The van der Waals surface area contributed by atoms with E-state index in [1.807, 2.05) is 30.3 Å². The second-order valence-electron chi connectivity index (χ2n) is 5.55. The van der Waals surface area contributed by atoms with Gasteiger partial charge in [-0.05, 0) is 24.3 Å². The molecule has 0 radical (unpaired) electrons. The number of halogens is 1. The Labute approximate surface area is 143 Å². The zero-order valence-corrected chi connectivity index (χ0v) is 13.3. The van der Waals surface area contributed by atoms with Gasteiger partial charge in [0.25, 0.3) is 0 Å². The molecule has 7 heteroatoms. The van der Waals surface area contributed by atoms with Gasteiger partial charge in [-0.1, -0.05) is 28.9 Å². The summed E-state index contributed by atoms with van der Waals surface area (Å²) in [7, 11) is 0. The third kappa shape index (κ3) is 2.65. The summed E-state index contributed by atoms with van der Waals surface area (Å²) in [6, 6.07) is 10.9. The topological polar surface area (TPSA) is 72.1 Å². The van der Waals surface area contributed by atoms with E-state index < -0.39 is 0 Å². The second-order valence-corrected chi connectivity index (χ2v) is 5.96. The van der Waals surface area contributed by atoms with E-state index in [2.05, 4.69) is 15.1 Å². The molecule has 6 nitrogen and oxygen atoms in total. The molecule has 1 atom stereocenters. The molecule has 120 valence electrons. The Kier molecular flexibility index (Phi) is 3.74. The van der Waals surface area contributed by atoms with Crippen LogP contribution in [0.4, 0.5) is 5.69 Å². The Balaban J connectivity index is 1.58. The number of rotatable bonds is 3. The fourth-order valence-electron chi connectivity index (χ4n) is 2.80. The summed E-state index contributed by atoms with van der Waals surface area (Å²) in [5.74, 6) is 0.814. The molecule has 24 heavy (non-hydrogen) atoms. The number of benzene rings is 1. The number of carbonyl (C=O) groups excluding carboxylic acids is 1. The molecule has 1 saturated heterocycles. The fraction of sp³-hybridized carbons (Fsp3) is 0.176. The number of carbonyl (C=O) groups is 1. The molecule has 3 heterocycles. The van der Waals surface area contributed by atoms with Gasteiger partial charge in [0.15, 0.2) is 0 Å². The molecule has 0 spiro atoms. The van der Waals surface area contributed by atoms with Gasteiger partial charge >= 0.3 is 0 Å². The molecule has 1 aromatic carbocycles. The molecule has 1 amide bonds. The molecule has 2 aromatic heterocycles. The highest BCUT2D eigenvalue weighted by Crippen LogP contribution is 2.35. The summed E-state index contributed by atoms with van der Waals surface area (Å²) in [6.07, 6.45) is 3.66. The number of anilines is 1. The normalized spacial score (nSPS) is 17.5. The van der Waals surface area contributed by atoms with E-state index in [0.29, 0.717) is 35.4 Å². The minimum atomic E-state index is -0.142. The molecule has 4 rings (SSSR count). The Hall–Kier alpha value is -2.73. The Bertz CT molecular complexity index is 881. The highest BCUT2D eigenvalue weighted by molar-refractivity contribution is 6.33. The molecule has 0 aliphatic carbocycles. The average Bonchev–Trinajstić information content (AvgIpc) is 3.23. The van der Waals surface area contributed by atoms with Crippen molar-refractivity contribution in [3.05, 3.63) is 59.7 Å². The first-order valence-electron chi connectivity index (χ1n) is 7.51. The van der Waals surface area contributed by atoms with Crippen molar-refractivity contribution in [2.75, 3.05) is 11.4 Å². The van der Waals surface area contributed by atoms with Crippen LogP contribution in [0.5, 0.6) is 0 Å². The van der Waals surface area contributed by atoms with Gasteiger partial charge in [-0.2, -0.15) is 4.98 Å². The molecule has 3 aromatic rings. The minimum absolute atomic E-state index is 0.00300. The second kappa shape index (κ2) is 6.05. The van der Waals surface area contributed by atoms with Crippen LogP contribution in [0.25, 0.3) is 11.4 Å². The van der Waals surface area contributed by atoms with Crippen molar-refractivity contribution in [3.8, 4) is 11.4 Å². The van der Waals surface area contributed by atoms with Crippen molar-refractivity contribution >= 4 is 23.2 Å².